The van der Waals surface area contributed by atoms with Gasteiger partial charge in [0, 0.05) is 18.8 Å². The Balaban J connectivity index is 0.000000521. The van der Waals surface area contributed by atoms with Crippen LogP contribution in [0.1, 0.15) is 121 Å². The first-order valence-electron chi connectivity index (χ1n) is 21.3. The number of aryl methyl sites for hydroxylation is 1. The van der Waals surface area contributed by atoms with E-state index in [1.165, 1.54) is 39.1 Å². The van der Waals surface area contributed by atoms with Crippen molar-refractivity contribution in [3.63, 3.8) is 0 Å². The minimum Gasteiger partial charge on any atom is -0.497 e. The van der Waals surface area contributed by atoms with E-state index < -0.39 is 0 Å². The Hall–Kier alpha value is -6.16. The van der Waals surface area contributed by atoms with Gasteiger partial charge in [-0.25, -0.2) is 0 Å². The summed E-state index contributed by atoms with van der Waals surface area (Å²) in [4.78, 5) is 21.8. The van der Waals surface area contributed by atoms with Crippen LogP contribution in [0.3, 0.4) is 0 Å². The van der Waals surface area contributed by atoms with Gasteiger partial charge in [-0.2, -0.15) is 0 Å². The quantitative estimate of drug-likeness (QED) is 0.0708. The van der Waals surface area contributed by atoms with Crippen molar-refractivity contribution in [2.24, 2.45) is 0 Å². The molecule has 1 aliphatic rings. The van der Waals surface area contributed by atoms with Gasteiger partial charge in [0.1, 0.15) is 17.0 Å². The summed E-state index contributed by atoms with van der Waals surface area (Å²) in [6, 6.07) is 39.2. The zero-order chi connectivity index (χ0) is 45.7. The first-order chi connectivity index (χ1) is 29.2. The number of ether oxygens (including phenoxy) is 3. The molecule has 1 saturated heterocycles. The van der Waals surface area contributed by atoms with Gasteiger partial charge in [0.2, 0.25) is 0 Å². The van der Waals surface area contributed by atoms with E-state index in [1.807, 2.05) is 53.7 Å². The van der Waals surface area contributed by atoms with E-state index in [-0.39, 0.29) is 28.7 Å². The van der Waals surface area contributed by atoms with Crippen molar-refractivity contribution in [3.05, 3.63) is 143 Å². The largest absolute Gasteiger partial charge is 0.497 e. The number of methoxy groups -OCH3 is 1. The van der Waals surface area contributed by atoms with Gasteiger partial charge in [-0.3, -0.25) is 9.59 Å². The normalized spacial score (nSPS) is 14.9. The average Bonchev–Trinajstić information content (AvgIpc) is 3.65. The van der Waals surface area contributed by atoms with Crippen LogP contribution in [0.15, 0.2) is 109 Å². The van der Waals surface area contributed by atoms with E-state index in [9.17, 15) is 9.59 Å². The molecule has 6 rings (SSSR count). The third-order valence-electron chi connectivity index (χ3n) is 10.4. The number of anilines is 5. The number of benzene rings is 5. The molecule has 1 heterocycles. The third kappa shape index (κ3) is 14.8. The number of nitrogens with one attached hydrogen (secondary N) is 2. The second kappa shape index (κ2) is 21.6. The molecule has 10 nitrogen and oxygen atoms in total. The molecule has 10 heteroatoms. The maximum atomic E-state index is 9.60. The van der Waals surface area contributed by atoms with Gasteiger partial charge >= 0.3 is 0 Å². The molecule has 2 atom stereocenters. The van der Waals surface area contributed by atoms with Gasteiger partial charge in [-0.1, -0.05) is 87.0 Å². The fourth-order valence-electron chi connectivity index (χ4n) is 6.99. The van der Waals surface area contributed by atoms with Crippen molar-refractivity contribution in [1.29, 1.82) is 0 Å². The van der Waals surface area contributed by atoms with Gasteiger partial charge in [0.25, 0.3) is 12.9 Å². The minimum atomic E-state index is -0.318. The molecule has 1 fully saturated rings. The highest BCUT2D eigenvalue weighted by Gasteiger charge is 2.36. The molecule has 0 bridgehead atoms. The Morgan fingerprint density at radius 1 is 0.613 bits per heavy atom. The average molecular weight is 844 g/mol. The molecule has 5 aromatic carbocycles. The highest BCUT2D eigenvalue weighted by atomic mass is 16.5. The maximum Gasteiger partial charge on any atom is 0.293 e. The Bertz CT molecular complexity index is 2150. The number of nitrogen functional groups attached to an aromatic ring is 2. The van der Waals surface area contributed by atoms with E-state index in [1.54, 1.807) is 7.11 Å². The highest BCUT2D eigenvalue weighted by molar-refractivity contribution is 5.70. The second-order valence-electron chi connectivity index (χ2n) is 18.7. The van der Waals surface area contributed by atoms with Crippen molar-refractivity contribution in [1.82, 2.24) is 0 Å². The predicted molar refractivity (Wildman–Crippen MR) is 257 cm³/mol. The van der Waals surface area contributed by atoms with Crippen LogP contribution >= 0.6 is 0 Å². The van der Waals surface area contributed by atoms with Crippen molar-refractivity contribution in [2.75, 3.05) is 34.1 Å². The van der Waals surface area contributed by atoms with Gasteiger partial charge in [-0.15, -0.1) is 0 Å². The summed E-state index contributed by atoms with van der Waals surface area (Å²) in [6.07, 6.45) is 2.02. The summed E-state index contributed by atoms with van der Waals surface area (Å²) in [5, 5.41) is 7.06. The van der Waals surface area contributed by atoms with Gasteiger partial charge < -0.3 is 41.2 Å². The van der Waals surface area contributed by atoms with E-state index >= 15 is 0 Å². The number of hydrogen-bond donors (Lipinski definition) is 4. The second-order valence-corrected chi connectivity index (χ2v) is 18.7. The first-order valence-corrected chi connectivity index (χ1v) is 21.3. The van der Waals surface area contributed by atoms with Crippen molar-refractivity contribution in [2.45, 2.75) is 124 Å². The van der Waals surface area contributed by atoms with Crippen LogP contribution in [0.5, 0.6) is 5.75 Å². The lowest BCUT2D eigenvalue weighted by molar-refractivity contribution is -0.139. The summed E-state index contributed by atoms with van der Waals surface area (Å²) >= 11 is 0. The van der Waals surface area contributed by atoms with Crippen molar-refractivity contribution < 1.29 is 23.8 Å². The zero-order valence-electron chi connectivity index (χ0n) is 38.7. The molecule has 0 spiro atoms. The smallest absolute Gasteiger partial charge is 0.293 e. The molecule has 2 unspecified atom stereocenters. The molecule has 62 heavy (non-hydrogen) atoms. The molecular formula is C52H69N5O5. The third-order valence-corrected chi connectivity index (χ3v) is 10.4. The molecular weight excluding hydrogens is 775 g/mol. The van der Waals surface area contributed by atoms with E-state index in [2.05, 4.69) is 150 Å². The molecule has 5 aromatic rings. The number of carbonyl (C=O) groups excluding carboxylic acids is 2. The van der Waals surface area contributed by atoms with Gasteiger partial charge in [0.05, 0.1) is 41.9 Å². The number of nitrogens with two attached hydrogens (primary N) is 2. The SMILES string of the molecule is CC(C)(C)OC=O.CC(C)(C)OC=O.COc1ccc(CNc2ccc(C3CCC(c4ccc(NCc5ccc(C)cc5)c(N)c4)N3c3ccc(C(C)(C)C)cc3)cc2N)cc1. The first kappa shape index (κ1) is 48.5. The van der Waals surface area contributed by atoms with E-state index in [4.69, 9.17) is 16.2 Å². The molecule has 0 amide bonds. The summed E-state index contributed by atoms with van der Waals surface area (Å²) in [5.74, 6) is 0.850. The zero-order valence-corrected chi connectivity index (χ0v) is 38.7. The Kier molecular flexibility index (Phi) is 16.9. The number of nitrogens with zero attached hydrogens (tertiary/aromatic N) is 1. The summed E-state index contributed by atoms with van der Waals surface area (Å²) < 4.78 is 14.4. The molecule has 0 aromatic heterocycles. The van der Waals surface area contributed by atoms with Crippen LogP contribution in [0.25, 0.3) is 0 Å². The Morgan fingerprint density at radius 3 is 1.37 bits per heavy atom. The van der Waals surface area contributed by atoms with Crippen molar-refractivity contribution >= 4 is 41.4 Å². The fourth-order valence-corrected chi connectivity index (χ4v) is 6.99. The van der Waals surface area contributed by atoms with Crippen LogP contribution in [-0.4, -0.2) is 31.3 Å². The molecule has 332 valence electrons. The standard InChI is InChI=1S/C42H49N5O.2C5H10O2/c1-28-6-8-29(9-7-28)26-45-38-20-12-31(24-36(38)43)40-22-23-41(47(40)34-16-14-33(15-17-34)42(2,3)4)32-13-21-39(37(44)25-32)46-27-30-10-18-35(48-5)19-11-30;2*1-5(2,3)7-4-6/h6-21,24-25,40-41,45-46H,22-23,26-27,43-44H2,1-5H3;2*4H,1-3H3. The summed E-state index contributed by atoms with van der Waals surface area (Å²) in [7, 11) is 1.68. The lowest BCUT2D eigenvalue weighted by Gasteiger charge is -2.34. The van der Waals surface area contributed by atoms with Crippen LogP contribution in [0.2, 0.25) is 0 Å². The monoisotopic (exact) mass is 844 g/mol. The van der Waals surface area contributed by atoms with Crippen LogP contribution in [-0.2, 0) is 37.6 Å². The van der Waals surface area contributed by atoms with Crippen LogP contribution < -0.4 is 31.7 Å². The van der Waals surface area contributed by atoms with E-state index in [0.29, 0.717) is 19.5 Å². The molecule has 1 aliphatic heterocycles. The van der Waals surface area contributed by atoms with Crippen LogP contribution in [0, 0.1) is 6.92 Å². The topological polar surface area (TPSA) is 141 Å². The molecule has 0 aliphatic carbocycles. The van der Waals surface area contributed by atoms with Crippen molar-refractivity contribution in [3.8, 4) is 5.75 Å². The maximum absolute atomic E-state index is 9.60. The fraction of sp³-hybridized carbons (Fsp3) is 0.385. The van der Waals surface area contributed by atoms with Gasteiger partial charge in [-0.05, 0) is 143 Å². The molecule has 6 N–H and O–H groups in total. The van der Waals surface area contributed by atoms with E-state index in [0.717, 1.165) is 47.9 Å². The van der Waals surface area contributed by atoms with Crippen LogP contribution in [0.4, 0.5) is 28.4 Å². The Labute approximate surface area is 370 Å². The minimum absolute atomic E-state index is 0.0846. The number of carbonyl (C=O) groups is 2. The summed E-state index contributed by atoms with van der Waals surface area (Å²) in [6.45, 7) is 22.1. The number of hydrogen-bond acceptors (Lipinski definition) is 10. The highest BCUT2D eigenvalue weighted by Crippen LogP contribution is 2.48. The predicted octanol–water partition coefficient (Wildman–Crippen LogP) is 11.7. The lowest BCUT2D eigenvalue weighted by Crippen LogP contribution is -2.26. The summed E-state index contributed by atoms with van der Waals surface area (Å²) in [5.41, 5.74) is 24.9. The lowest BCUT2D eigenvalue weighted by atomic mass is 9.87. The Morgan fingerprint density at radius 2 is 1.03 bits per heavy atom. The molecule has 0 radical (unpaired) electrons. The number of rotatable bonds is 12. The molecule has 0 saturated carbocycles. The van der Waals surface area contributed by atoms with Gasteiger partial charge in [0.15, 0.2) is 0 Å².